The number of carbonyl (C=O) groups excluding carboxylic acids is 1. The van der Waals surface area contributed by atoms with Crippen molar-refractivity contribution in [2.45, 2.75) is 11.3 Å². The summed E-state index contributed by atoms with van der Waals surface area (Å²) >= 11 is 0. The Morgan fingerprint density at radius 1 is 0.912 bits per heavy atom. The molecule has 0 fully saturated rings. The number of methoxy groups -OCH3 is 1. The van der Waals surface area contributed by atoms with E-state index in [1.165, 1.54) is 18.1 Å². The van der Waals surface area contributed by atoms with E-state index in [0.717, 1.165) is 0 Å². The van der Waals surface area contributed by atoms with E-state index in [0.29, 0.717) is 16.8 Å². The molecule has 0 bridgehead atoms. The highest BCUT2D eigenvalue weighted by atomic mass is 16.5. The van der Waals surface area contributed by atoms with E-state index in [2.05, 4.69) is 5.18 Å². The van der Waals surface area contributed by atoms with E-state index in [4.69, 9.17) is 4.74 Å². The molecule has 168 valence electrons. The van der Waals surface area contributed by atoms with Gasteiger partial charge in [0.15, 0.2) is 0 Å². The third-order valence-electron chi connectivity index (χ3n) is 6.85. The first-order chi connectivity index (χ1) is 16.4. The van der Waals surface area contributed by atoms with Crippen molar-refractivity contribution < 1.29 is 24.9 Å². The van der Waals surface area contributed by atoms with Crippen LogP contribution in [0.1, 0.15) is 21.5 Å². The Kier molecular flexibility index (Phi) is 3.97. The molecule has 1 aliphatic heterocycles. The number of fused-ring (bicyclic) bond motifs is 6. The minimum Gasteiger partial charge on any atom is -0.507 e. The summed E-state index contributed by atoms with van der Waals surface area (Å²) < 4.78 is 5.23. The number of hydrogen-bond donors (Lipinski definition) is 3. The third-order valence-corrected chi connectivity index (χ3v) is 6.85. The van der Waals surface area contributed by atoms with Gasteiger partial charge in [0.2, 0.25) is 17.1 Å². The van der Waals surface area contributed by atoms with Crippen molar-refractivity contribution in [2.75, 3.05) is 12.0 Å². The monoisotopic (exact) mass is 454 g/mol. The van der Waals surface area contributed by atoms with Crippen LogP contribution in [0.5, 0.6) is 11.5 Å². The van der Waals surface area contributed by atoms with E-state index in [1.807, 2.05) is 0 Å². The van der Waals surface area contributed by atoms with Gasteiger partial charge < -0.3 is 25.0 Å². The summed E-state index contributed by atoms with van der Waals surface area (Å²) in [5.41, 5.74) is -4.75. The number of rotatable bonds is 3. The fourth-order valence-electron chi connectivity index (χ4n) is 5.35. The quantitative estimate of drug-likeness (QED) is 0.394. The molecule has 4 aromatic rings. The van der Waals surface area contributed by atoms with Crippen molar-refractivity contribution in [2.24, 2.45) is 5.18 Å². The lowest BCUT2D eigenvalue weighted by molar-refractivity contribution is -0.113. The summed E-state index contributed by atoms with van der Waals surface area (Å²) in [6, 6.07) is 19.4. The predicted molar refractivity (Wildman–Crippen MR) is 125 cm³/mol. The van der Waals surface area contributed by atoms with Gasteiger partial charge in [-0.2, -0.15) is 0 Å². The van der Waals surface area contributed by atoms with Gasteiger partial charge in [0.1, 0.15) is 17.2 Å². The molecule has 34 heavy (non-hydrogen) atoms. The molecular formula is C26H18N2O6. The summed E-state index contributed by atoms with van der Waals surface area (Å²) in [6.07, 6.45) is 0. The highest BCUT2D eigenvalue weighted by Gasteiger charge is 2.73. The molecule has 0 aromatic heterocycles. The van der Waals surface area contributed by atoms with Crippen molar-refractivity contribution >= 4 is 33.6 Å². The number of anilines is 2. The zero-order chi connectivity index (χ0) is 23.8. The fourth-order valence-corrected chi connectivity index (χ4v) is 5.35. The molecule has 2 atom stereocenters. The van der Waals surface area contributed by atoms with Gasteiger partial charge in [0.25, 0.3) is 0 Å². The number of nitrogens with zero attached hydrogens (tertiary/aromatic N) is 2. The number of ether oxygens (including phenoxy) is 1. The molecule has 8 heteroatoms. The van der Waals surface area contributed by atoms with Crippen molar-refractivity contribution in [3.05, 3.63) is 94.4 Å². The molecule has 0 saturated heterocycles. The maximum atomic E-state index is 13.7. The summed E-state index contributed by atoms with van der Waals surface area (Å²) in [7, 11) is 1.51. The lowest BCUT2D eigenvalue weighted by atomic mass is 9.84. The molecule has 0 saturated carbocycles. The van der Waals surface area contributed by atoms with Crippen molar-refractivity contribution in [3.8, 4) is 11.5 Å². The summed E-state index contributed by atoms with van der Waals surface area (Å²) in [4.78, 5) is 27.2. The Labute approximate surface area is 193 Å². The molecule has 6 rings (SSSR count). The van der Waals surface area contributed by atoms with Crippen LogP contribution in [0.4, 0.5) is 17.1 Å². The second kappa shape index (κ2) is 6.63. The Balaban J connectivity index is 1.81. The van der Waals surface area contributed by atoms with Gasteiger partial charge in [-0.15, -0.1) is 4.91 Å². The highest BCUT2D eigenvalue weighted by Crippen LogP contribution is 2.67. The molecular weight excluding hydrogens is 436 g/mol. The van der Waals surface area contributed by atoms with Crippen LogP contribution in [0.2, 0.25) is 0 Å². The number of phenolic OH excluding ortho intramolecular Hbond substituents is 1. The first-order valence-corrected chi connectivity index (χ1v) is 10.5. The maximum Gasteiger partial charge on any atom is 0.211 e. The highest BCUT2D eigenvalue weighted by molar-refractivity contribution is 6.17. The van der Waals surface area contributed by atoms with Gasteiger partial charge in [-0.05, 0) is 29.4 Å². The molecule has 1 heterocycles. The normalized spacial score (nSPS) is 22.4. The van der Waals surface area contributed by atoms with Gasteiger partial charge >= 0.3 is 0 Å². The van der Waals surface area contributed by atoms with Gasteiger partial charge in [-0.25, -0.2) is 0 Å². The smallest absolute Gasteiger partial charge is 0.211 e. The summed E-state index contributed by atoms with van der Waals surface area (Å²) in [5.74, 6) is -0.648. The summed E-state index contributed by atoms with van der Waals surface area (Å²) in [5, 5.41) is 39.5. The van der Waals surface area contributed by atoms with Crippen molar-refractivity contribution in [1.29, 1.82) is 0 Å². The predicted octanol–water partition coefficient (Wildman–Crippen LogP) is 4.33. The van der Waals surface area contributed by atoms with Crippen LogP contribution >= 0.6 is 0 Å². The molecule has 1 aliphatic carbocycles. The van der Waals surface area contributed by atoms with Gasteiger partial charge in [0, 0.05) is 27.6 Å². The topological polar surface area (TPSA) is 120 Å². The third kappa shape index (κ3) is 2.12. The van der Waals surface area contributed by atoms with Gasteiger partial charge in [0.05, 0.1) is 18.4 Å². The van der Waals surface area contributed by atoms with Crippen molar-refractivity contribution in [1.82, 2.24) is 0 Å². The first-order valence-electron chi connectivity index (χ1n) is 10.5. The minimum absolute atomic E-state index is 0.0378. The van der Waals surface area contributed by atoms with Crippen LogP contribution in [0.15, 0.2) is 78.0 Å². The number of aliphatic hydroxyl groups is 2. The standard InChI is InChI=1S/C26H18N2O6/c1-34-15-12-10-14(11-13-15)28-22-20(23(29)17-7-3-2-6-16(17)21(22)27-33)25(31)24(30)18-8-4-5-9-19(18)26(25,28)32/h2-13,29,31-32H,1H3. The molecule has 0 amide bonds. The van der Waals surface area contributed by atoms with Crippen LogP contribution in [-0.2, 0) is 11.3 Å². The van der Waals surface area contributed by atoms with E-state index < -0.39 is 22.9 Å². The largest absolute Gasteiger partial charge is 0.507 e. The molecule has 0 radical (unpaired) electrons. The number of carbonyl (C=O) groups is 1. The Morgan fingerprint density at radius 3 is 2.24 bits per heavy atom. The number of Topliss-reactive ketones (excluding diaryl/α,β-unsaturated/α-hetero) is 1. The molecule has 3 N–H and O–H groups in total. The average Bonchev–Trinajstić information content (AvgIpc) is 3.19. The Morgan fingerprint density at radius 2 is 1.56 bits per heavy atom. The van der Waals surface area contributed by atoms with Crippen LogP contribution in [0.25, 0.3) is 10.8 Å². The van der Waals surface area contributed by atoms with Crippen LogP contribution in [0.3, 0.4) is 0 Å². The molecule has 2 unspecified atom stereocenters. The first kappa shape index (κ1) is 20.3. The minimum atomic E-state index is -2.60. The SMILES string of the molecule is COc1ccc(N2c3c(c(O)c4ccccc4c3N=O)C3(O)C(=O)c4ccccc4C23O)cc1. The number of ketones is 1. The fraction of sp³-hybridized carbons (Fsp3) is 0.115. The van der Waals surface area contributed by atoms with Crippen LogP contribution in [0, 0.1) is 4.91 Å². The Hall–Kier alpha value is -4.27. The number of nitroso groups, excluding NO2 is 1. The lowest BCUT2D eigenvalue weighted by Gasteiger charge is -2.38. The maximum absolute atomic E-state index is 13.7. The van der Waals surface area contributed by atoms with Crippen molar-refractivity contribution in [3.63, 3.8) is 0 Å². The van der Waals surface area contributed by atoms with Crippen LogP contribution in [-0.4, -0.2) is 28.2 Å². The summed E-state index contributed by atoms with van der Waals surface area (Å²) in [6.45, 7) is 0. The lowest BCUT2D eigenvalue weighted by Crippen LogP contribution is -2.53. The molecule has 2 aliphatic rings. The molecule has 0 spiro atoms. The number of aromatic hydroxyl groups is 1. The number of benzene rings is 4. The van der Waals surface area contributed by atoms with Crippen LogP contribution < -0.4 is 9.64 Å². The second-order valence-electron chi connectivity index (χ2n) is 8.35. The zero-order valence-electron chi connectivity index (χ0n) is 17.9. The number of phenols is 1. The molecule has 8 nitrogen and oxygen atoms in total. The Bertz CT molecular complexity index is 1530. The van der Waals surface area contributed by atoms with Gasteiger partial charge in [-0.1, -0.05) is 48.5 Å². The zero-order valence-corrected chi connectivity index (χ0v) is 17.9. The number of hydrogen-bond acceptors (Lipinski definition) is 8. The van der Waals surface area contributed by atoms with E-state index in [1.54, 1.807) is 66.7 Å². The average molecular weight is 454 g/mol. The van der Waals surface area contributed by atoms with E-state index >= 15 is 0 Å². The van der Waals surface area contributed by atoms with E-state index in [9.17, 15) is 25.0 Å². The molecule has 4 aromatic carbocycles. The van der Waals surface area contributed by atoms with Gasteiger partial charge in [-0.3, -0.25) is 4.79 Å². The van der Waals surface area contributed by atoms with E-state index in [-0.39, 0.29) is 33.5 Å². The second-order valence-corrected chi connectivity index (χ2v) is 8.35.